The summed E-state index contributed by atoms with van der Waals surface area (Å²) in [5.41, 5.74) is 4.94. The summed E-state index contributed by atoms with van der Waals surface area (Å²) in [6.07, 6.45) is 1.68. The molecule has 0 spiro atoms. The number of nitrogens with one attached hydrogen (secondary N) is 2. The summed E-state index contributed by atoms with van der Waals surface area (Å²) in [4.78, 5) is 32.8. The third-order valence-electron chi connectivity index (χ3n) is 5.96. The minimum absolute atomic E-state index is 0.0824. The number of carbonyl (C=O) groups excluding carboxylic acids is 2. The number of nitrogens with zero attached hydrogens (tertiary/aromatic N) is 2. The van der Waals surface area contributed by atoms with Crippen LogP contribution in [0.25, 0.3) is 10.4 Å². The summed E-state index contributed by atoms with van der Waals surface area (Å²) in [7, 11) is 1.78. The molecule has 2 fully saturated rings. The molecule has 0 bridgehead atoms. The lowest BCUT2D eigenvalue weighted by molar-refractivity contribution is -0.140. The lowest BCUT2D eigenvalue weighted by Gasteiger charge is -2.28. The van der Waals surface area contributed by atoms with Crippen LogP contribution in [0.4, 0.5) is 0 Å². The van der Waals surface area contributed by atoms with E-state index in [1.807, 2.05) is 36.7 Å². The van der Waals surface area contributed by atoms with Crippen molar-refractivity contribution in [3.05, 3.63) is 41.0 Å². The van der Waals surface area contributed by atoms with Gasteiger partial charge in [-0.05, 0) is 43.9 Å². The first kappa shape index (κ1) is 21.0. The maximum Gasteiger partial charge on any atom is 0.243 e. The lowest BCUT2D eigenvalue weighted by atomic mass is 10.1. The molecule has 3 N–H and O–H groups in total. The van der Waals surface area contributed by atoms with Crippen molar-refractivity contribution >= 4 is 23.2 Å². The van der Waals surface area contributed by atoms with Crippen molar-refractivity contribution in [1.82, 2.24) is 20.5 Å². The van der Waals surface area contributed by atoms with Crippen molar-refractivity contribution in [2.24, 2.45) is 5.92 Å². The Balaban J connectivity index is 1.37. The van der Waals surface area contributed by atoms with Crippen molar-refractivity contribution in [3.8, 4) is 10.4 Å². The smallest absolute Gasteiger partial charge is 0.243 e. The average molecular weight is 429 g/mol. The van der Waals surface area contributed by atoms with Gasteiger partial charge in [0.2, 0.25) is 11.8 Å². The fourth-order valence-corrected chi connectivity index (χ4v) is 4.95. The molecule has 2 heterocycles. The quantitative estimate of drug-likeness (QED) is 0.624. The zero-order valence-corrected chi connectivity index (χ0v) is 18.1. The number of hydrogen-bond acceptors (Lipinski definition) is 6. The van der Waals surface area contributed by atoms with E-state index in [2.05, 4.69) is 15.6 Å². The Morgan fingerprint density at radius 1 is 1.30 bits per heavy atom. The molecule has 1 saturated carbocycles. The fraction of sp³-hybridized carbons (Fsp3) is 0.500. The Hall–Kier alpha value is -2.29. The number of aliphatic hydroxyl groups excluding tert-OH is 1. The second-order valence-corrected chi connectivity index (χ2v) is 9.04. The molecule has 1 aromatic heterocycles. The number of thiazole rings is 1. The Labute approximate surface area is 180 Å². The normalized spacial score (nSPS) is 22.2. The number of aromatic nitrogens is 1. The number of benzene rings is 1. The molecule has 8 heteroatoms. The summed E-state index contributed by atoms with van der Waals surface area (Å²) in [6.45, 7) is 2.59. The van der Waals surface area contributed by atoms with E-state index in [1.165, 1.54) is 0 Å². The molecule has 160 valence electrons. The Bertz CT molecular complexity index is 909. The van der Waals surface area contributed by atoms with Gasteiger partial charge in [0.1, 0.15) is 6.04 Å². The first-order valence-electron chi connectivity index (χ1n) is 10.4. The second-order valence-electron chi connectivity index (χ2n) is 8.18. The first-order valence-corrected chi connectivity index (χ1v) is 11.3. The van der Waals surface area contributed by atoms with Crippen LogP contribution >= 0.6 is 11.3 Å². The molecule has 1 aliphatic carbocycles. The van der Waals surface area contributed by atoms with Gasteiger partial charge >= 0.3 is 0 Å². The monoisotopic (exact) mass is 428 g/mol. The number of amides is 2. The van der Waals surface area contributed by atoms with E-state index in [-0.39, 0.29) is 30.8 Å². The van der Waals surface area contributed by atoms with Gasteiger partial charge in [0.05, 0.1) is 28.2 Å². The van der Waals surface area contributed by atoms with E-state index in [9.17, 15) is 14.7 Å². The van der Waals surface area contributed by atoms with Crippen molar-refractivity contribution in [2.75, 3.05) is 13.6 Å². The zero-order chi connectivity index (χ0) is 21.3. The van der Waals surface area contributed by atoms with Crippen LogP contribution in [-0.4, -0.2) is 58.6 Å². The minimum Gasteiger partial charge on any atom is -0.391 e. The summed E-state index contributed by atoms with van der Waals surface area (Å²) in [5.74, 6) is 0.0403. The Morgan fingerprint density at radius 3 is 2.63 bits per heavy atom. The van der Waals surface area contributed by atoms with Crippen LogP contribution in [-0.2, 0) is 16.1 Å². The molecule has 1 saturated heterocycles. The van der Waals surface area contributed by atoms with E-state index >= 15 is 0 Å². The number of likely N-dealkylation sites (tertiary alicyclic amines) is 1. The molecule has 30 heavy (non-hydrogen) atoms. The van der Waals surface area contributed by atoms with Gasteiger partial charge in [0.15, 0.2) is 0 Å². The van der Waals surface area contributed by atoms with Crippen LogP contribution in [0.2, 0.25) is 0 Å². The summed E-state index contributed by atoms with van der Waals surface area (Å²) < 4.78 is 0. The summed E-state index contributed by atoms with van der Waals surface area (Å²) >= 11 is 1.61. The van der Waals surface area contributed by atoms with Crippen LogP contribution in [0, 0.1) is 12.8 Å². The van der Waals surface area contributed by atoms with Crippen molar-refractivity contribution in [2.45, 2.75) is 50.9 Å². The predicted molar refractivity (Wildman–Crippen MR) is 116 cm³/mol. The molecule has 1 aliphatic heterocycles. The number of rotatable bonds is 7. The SMILES string of the molecule is CN[C@H](C(=O)N1C[C@H](O)C[C@H]1C(=O)NCc1ccc(-c2scnc2C)cc1)C1CC1. The molecule has 2 aliphatic rings. The van der Waals surface area contributed by atoms with Crippen LogP contribution in [0.3, 0.4) is 0 Å². The fourth-order valence-electron chi connectivity index (χ4n) is 4.13. The number of aliphatic hydroxyl groups is 1. The highest BCUT2D eigenvalue weighted by Gasteiger charge is 2.44. The molecule has 0 radical (unpaired) electrons. The Kier molecular flexibility index (Phi) is 6.17. The van der Waals surface area contributed by atoms with E-state index in [4.69, 9.17) is 0 Å². The van der Waals surface area contributed by atoms with Gasteiger partial charge in [0.25, 0.3) is 0 Å². The van der Waals surface area contributed by atoms with Gasteiger partial charge in [-0.25, -0.2) is 4.98 Å². The molecule has 0 unspecified atom stereocenters. The molecule has 7 nitrogen and oxygen atoms in total. The Morgan fingerprint density at radius 2 is 2.03 bits per heavy atom. The third kappa shape index (κ3) is 4.40. The molecule has 2 amide bonds. The highest BCUT2D eigenvalue weighted by atomic mass is 32.1. The van der Waals surface area contributed by atoms with E-state index < -0.39 is 12.1 Å². The topological polar surface area (TPSA) is 94.6 Å². The van der Waals surface area contributed by atoms with E-state index in [0.29, 0.717) is 12.5 Å². The summed E-state index contributed by atoms with van der Waals surface area (Å²) in [6, 6.07) is 7.15. The average Bonchev–Trinajstić information content (AvgIpc) is 3.36. The van der Waals surface area contributed by atoms with Crippen LogP contribution in [0.5, 0.6) is 0 Å². The van der Waals surface area contributed by atoms with Crippen molar-refractivity contribution in [3.63, 3.8) is 0 Å². The largest absolute Gasteiger partial charge is 0.391 e. The van der Waals surface area contributed by atoms with E-state index in [0.717, 1.165) is 34.5 Å². The molecular formula is C22H28N4O3S. The highest BCUT2D eigenvalue weighted by Crippen LogP contribution is 2.34. The van der Waals surface area contributed by atoms with Gasteiger partial charge in [-0.3, -0.25) is 9.59 Å². The maximum atomic E-state index is 12.9. The number of β-amino-alcohol motifs (C(OH)–C–C–N with tert-alkyl or cyclic N) is 1. The van der Waals surface area contributed by atoms with Gasteiger partial charge in [-0.15, -0.1) is 11.3 Å². The zero-order valence-electron chi connectivity index (χ0n) is 17.3. The van der Waals surface area contributed by atoms with Crippen LogP contribution in [0.15, 0.2) is 29.8 Å². The molecule has 1 aromatic carbocycles. The minimum atomic E-state index is -0.664. The van der Waals surface area contributed by atoms with Gasteiger partial charge in [0, 0.05) is 19.5 Å². The first-order chi connectivity index (χ1) is 14.5. The van der Waals surface area contributed by atoms with Crippen molar-refractivity contribution in [1.29, 1.82) is 0 Å². The number of aryl methyl sites for hydroxylation is 1. The van der Waals surface area contributed by atoms with Gasteiger partial charge in [-0.1, -0.05) is 24.3 Å². The van der Waals surface area contributed by atoms with Crippen molar-refractivity contribution < 1.29 is 14.7 Å². The summed E-state index contributed by atoms with van der Waals surface area (Å²) in [5, 5.41) is 16.1. The number of likely N-dealkylation sites (N-methyl/N-ethyl adjacent to an activating group) is 1. The highest BCUT2D eigenvalue weighted by molar-refractivity contribution is 7.13. The number of hydrogen-bond donors (Lipinski definition) is 3. The van der Waals surface area contributed by atoms with Crippen LogP contribution in [0.1, 0.15) is 30.5 Å². The van der Waals surface area contributed by atoms with Gasteiger partial charge < -0.3 is 20.6 Å². The maximum absolute atomic E-state index is 12.9. The standard InChI is InChI=1S/C22H28N4O3S/c1-13-20(30-12-25-13)16-5-3-14(4-6-16)10-24-21(28)18-9-17(27)11-26(18)22(29)19(23-2)15-7-8-15/h3-6,12,15,17-19,23,27H,7-11H2,1-2H3,(H,24,28)/t17-,18+,19+/m1/s1. The van der Waals surface area contributed by atoms with Crippen LogP contribution < -0.4 is 10.6 Å². The van der Waals surface area contributed by atoms with E-state index in [1.54, 1.807) is 23.3 Å². The molecule has 4 rings (SSSR count). The molecular weight excluding hydrogens is 400 g/mol. The lowest BCUT2D eigenvalue weighted by Crippen LogP contribution is -2.52. The second kappa shape index (κ2) is 8.83. The third-order valence-corrected chi connectivity index (χ3v) is 6.94. The predicted octanol–water partition coefficient (Wildman–Crippen LogP) is 1.69. The van der Waals surface area contributed by atoms with Gasteiger partial charge in [-0.2, -0.15) is 0 Å². The number of carbonyl (C=O) groups is 2. The molecule has 2 aromatic rings. The molecule has 3 atom stereocenters.